The van der Waals surface area contributed by atoms with Gasteiger partial charge in [0.25, 0.3) is 0 Å². The Morgan fingerprint density at radius 3 is 3.05 bits per heavy atom. The van der Waals surface area contributed by atoms with Gasteiger partial charge in [-0.15, -0.1) is 0 Å². The second-order valence-electron chi connectivity index (χ2n) is 4.69. The van der Waals surface area contributed by atoms with Gasteiger partial charge in [-0.2, -0.15) is 5.10 Å². The van der Waals surface area contributed by atoms with Crippen LogP contribution in [0.3, 0.4) is 0 Å². The molecule has 2 heterocycles. The molecule has 1 aliphatic heterocycles. The molecule has 20 heavy (non-hydrogen) atoms. The van der Waals surface area contributed by atoms with Crippen LogP contribution < -0.4 is 10.5 Å². The molecular formula is C15H17N3O2. The summed E-state index contributed by atoms with van der Waals surface area (Å²) >= 11 is 0. The summed E-state index contributed by atoms with van der Waals surface area (Å²) < 4.78 is 12.6. The lowest BCUT2D eigenvalue weighted by Gasteiger charge is -2.13. The van der Waals surface area contributed by atoms with Crippen molar-refractivity contribution in [3.8, 4) is 16.9 Å². The van der Waals surface area contributed by atoms with Crippen LogP contribution in [0.15, 0.2) is 36.9 Å². The Morgan fingerprint density at radius 2 is 2.30 bits per heavy atom. The van der Waals surface area contributed by atoms with Crippen LogP contribution in [0.5, 0.6) is 5.75 Å². The molecule has 1 aromatic carbocycles. The number of rotatable bonds is 3. The first-order chi connectivity index (χ1) is 9.79. The van der Waals surface area contributed by atoms with Crippen molar-refractivity contribution in [1.82, 2.24) is 9.78 Å². The van der Waals surface area contributed by atoms with Crippen molar-refractivity contribution >= 4 is 11.4 Å². The van der Waals surface area contributed by atoms with E-state index in [1.54, 1.807) is 13.4 Å². The Kier molecular flexibility index (Phi) is 3.33. The number of para-hydroxylation sites is 1. The minimum absolute atomic E-state index is 0.623. The van der Waals surface area contributed by atoms with Gasteiger partial charge in [-0.05, 0) is 18.9 Å². The van der Waals surface area contributed by atoms with Crippen molar-refractivity contribution in [2.24, 2.45) is 0 Å². The van der Waals surface area contributed by atoms with E-state index in [9.17, 15) is 0 Å². The zero-order valence-electron chi connectivity index (χ0n) is 11.4. The number of hydrogen-bond acceptors (Lipinski definition) is 4. The number of benzene rings is 1. The van der Waals surface area contributed by atoms with E-state index in [0.717, 1.165) is 36.3 Å². The van der Waals surface area contributed by atoms with E-state index in [4.69, 9.17) is 15.2 Å². The number of aromatic nitrogens is 2. The van der Waals surface area contributed by atoms with E-state index < -0.39 is 0 Å². The molecule has 5 nitrogen and oxygen atoms in total. The third kappa shape index (κ3) is 2.22. The Labute approximate surface area is 117 Å². The third-order valence-corrected chi connectivity index (χ3v) is 3.35. The van der Waals surface area contributed by atoms with Crippen LogP contribution in [-0.2, 0) is 4.74 Å². The molecule has 0 amide bonds. The number of nitrogens with zero attached hydrogens (tertiary/aromatic N) is 2. The van der Waals surface area contributed by atoms with Gasteiger partial charge in [-0.25, -0.2) is 4.68 Å². The van der Waals surface area contributed by atoms with E-state index in [-0.39, 0.29) is 0 Å². The SMILES string of the molecule is COc1c(N)cccc1-c1cnn(C2=COCCC2)c1. The summed E-state index contributed by atoms with van der Waals surface area (Å²) in [7, 11) is 1.62. The summed E-state index contributed by atoms with van der Waals surface area (Å²) in [5.41, 5.74) is 9.53. The lowest BCUT2D eigenvalue weighted by atomic mass is 10.1. The second-order valence-corrected chi connectivity index (χ2v) is 4.69. The number of hydrogen-bond donors (Lipinski definition) is 1. The van der Waals surface area contributed by atoms with Gasteiger partial charge in [0.2, 0.25) is 0 Å². The molecule has 0 spiro atoms. The van der Waals surface area contributed by atoms with Gasteiger partial charge >= 0.3 is 0 Å². The van der Waals surface area contributed by atoms with Gasteiger partial charge in [-0.3, -0.25) is 0 Å². The van der Waals surface area contributed by atoms with Gasteiger partial charge < -0.3 is 15.2 Å². The molecule has 5 heteroatoms. The Balaban J connectivity index is 1.98. The highest BCUT2D eigenvalue weighted by Gasteiger charge is 2.13. The Hall–Kier alpha value is -2.43. The first kappa shape index (κ1) is 12.6. The summed E-state index contributed by atoms with van der Waals surface area (Å²) in [6.07, 6.45) is 7.54. The van der Waals surface area contributed by atoms with Crippen molar-refractivity contribution in [3.63, 3.8) is 0 Å². The van der Waals surface area contributed by atoms with E-state index in [1.807, 2.05) is 35.3 Å². The number of nitrogens with two attached hydrogens (primary N) is 1. The molecule has 2 N–H and O–H groups in total. The molecule has 1 aromatic heterocycles. The van der Waals surface area contributed by atoms with E-state index in [1.165, 1.54) is 0 Å². The van der Waals surface area contributed by atoms with Crippen LogP contribution in [0, 0.1) is 0 Å². The fourth-order valence-electron chi connectivity index (χ4n) is 2.35. The fraction of sp³-hybridized carbons (Fsp3) is 0.267. The van der Waals surface area contributed by atoms with Crippen molar-refractivity contribution < 1.29 is 9.47 Å². The summed E-state index contributed by atoms with van der Waals surface area (Å²) in [6, 6.07) is 5.71. The predicted molar refractivity (Wildman–Crippen MR) is 78.1 cm³/mol. The van der Waals surface area contributed by atoms with E-state index >= 15 is 0 Å². The van der Waals surface area contributed by atoms with Crippen molar-refractivity contribution in [3.05, 3.63) is 36.9 Å². The fourth-order valence-corrected chi connectivity index (χ4v) is 2.35. The van der Waals surface area contributed by atoms with Crippen LogP contribution in [0.1, 0.15) is 12.8 Å². The first-order valence-corrected chi connectivity index (χ1v) is 6.58. The molecule has 0 atom stereocenters. The molecule has 0 saturated heterocycles. The third-order valence-electron chi connectivity index (χ3n) is 3.35. The highest BCUT2D eigenvalue weighted by molar-refractivity contribution is 5.76. The Morgan fingerprint density at radius 1 is 1.40 bits per heavy atom. The lowest BCUT2D eigenvalue weighted by molar-refractivity contribution is 0.232. The standard InChI is InChI=1S/C15H17N3O2/c1-19-15-13(5-2-6-14(15)16)11-8-17-18(9-11)12-4-3-7-20-10-12/h2,5-6,8-10H,3-4,7,16H2,1H3. The van der Waals surface area contributed by atoms with Crippen LogP contribution in [-0.4, -0.2) is 23.5 Å². The number of anilines is 1. The van der Waals surface area contributed by atoms with Gasteiger partial charge in [-0.1, -0.05) is 12.1 Å². The van der Waals surface area contributed by atoms with Crippen LogP contribution in [0.2, 0.25) is 0 Å². The first-order valence-electron chi connectivity index (χ1n) is 6.58. The molecule has 104 valence electrons. The molecule has 0 unspecified atom stereocenters. The quantitative estimate of drug-likeness (QED) is 0.872. The Bertz CT molecular complexity index is 646. The molecule has 1 aliphatic rings. The lowest BCUT2D eigenvalue weighted by Crippen LogP contribution is -2.05. The maximum Gasteiger partial charge on any atom is 0.149 e. The van der Waals surface area contributed by atoms with Crippen LogP contribution in [0.4, 0.5) is 5.69 Å². The average Bonchev–Trinajstić information content (AvgIpc) is 2.97. The van der Waals surface area contributed by atoms with Gasteiger partial charge in [0.05, 0.1) is 31.3 Å². The zero-order valence-corrected chi connectivity index (χ0v) is 11.4. The molecule has 0 aliphatic carbocycles. The zero-order chi connectivity index (χ0) is 13.9. The topological polar surface area (TPSA) is 62.3 Å². The molecule has 0 bridgehead atoms. The predicted octanol–water partition coefficient (Wildman–Crippen LogP) is 2.75. The average molecular weight is 271 g/mol. The highest BCUT2D eigenvalue weighted by atomic mass is 16.5. The summed E-state index contributed by atoms with van der Waals surface area (Å²) in [5.74, 6) is 0.681. The minimum Gasteiger partial charge on any atom is -0.499 e. The summed E-state index contributed by atoms with van der Waals surface area (Å²) in [6.45, 7) is 0.778. The highest BCUT2D eigenvalue weighted by Crippen LogP contribution is 2.34. The van der Waals surface area contributed by atoms with Crippen molar-refractivity contribution in [1.29, 1.82) is 0 Å². The van der Waals surface area contributed by atoms with E-state index in [0.29, 0.717) is 11.4 Å². The van der Waals surface area contributed by atoms with Gasteiger partial charge in [0, 0.05) is 17.3 Å². The smallest absolute Gasteiger partial charge is 0.149 e. The molecule has 0 radical (unpaired) electrons. The van der Waals surface area contributed by atoms with E-state index in [2.05, 4.69) is 5.10 Å². The molecule has 0 fully saturated rings. The molecule has 2 aromatic rings. The van der Waals surface area contributed by atoms with Gasteiger partial charge in [0.1, 0.15) is 12.0 Å². The largest absolute Gasteiger partial charge is 0.499 e. The molecule has 0 saturated carbocycles. The number of methoxy groups -OCH3 is 1. The number of ether oxygens (including phenoxy) is 2. The summed E-state index contributed by atoms with van der Waals surface area (Å²) in [5, 5.41) is 4.39. The number of nitrogen functional groups attached to an aromatic ring is 1. The summed E-state index contributed by atoms with van der Waals surface area (Å²) in [4.78, 5) is 0. The maximum absolute atomic E-state index is 5.94. The number of allylic oxidation sites excluding steroid dienone is 1. The van der Waals surface area contributed by atoms with Crippen LogP contribution in [0.25, 0.3) is 16.8 Å². The van der Waals surface area contributed by atoms with Crippen molar-refractivity contribution in [2.45, 2.75) is 12.8 Å². The monoisotopic (exact) mass is 271 g/mol. The van der Waals surface area contributed by atoms with Crippen LogP contribution >= 0.6 is 0 Å². The van der Waals surface area contributed by atoms with Gasteiger partial charge in [0.15, 0.2) is 0 Å². The molecule has 3 rings (SSSR count). The second kappa shape index (κ2) is 5.28. The molecular weight excluding hydrogens is 254 g/mol. The normalized spacial score (nSPS) is 14.6. The van der Waals surface area contributed by atoms with Crippen molar-refractivity contribution in [2.75, 3.05) is 19.5 Å². The maximum atomic E-state index is 5.94. The minimum atomic E-state index is 0.623.